The quantitative estimate of drug-likeness (QED) is 0.273. The van der Waals surface area contributed by atoms with E-state index in [9.17, 15) is 0 Å². The van der Waals surface area contributed by atoms with Crippen LogP contribution in [-0.4, -0.2) is 0 Å². The van der Waals surface area contributed by atoms with Gasteiger partial charge in [0.05, 0.1) is 0 Å². The SMILES string of the molecule is CCCc1cc(CCC)c2ccc3c(CCC)cc(CCC)c4ccc1c2c43. The molecule has 0 heteroatoms. The van der Waals surface area contributed by atoms with Crippen molar-refractivity contribution < 1.29 is 0 Å². The van der Waals surface area contributed by atoms with Crippen molar-refractivity contribution in [1.82, 2.24) is 0 Å². The zero-order valence-corrected chi connectivity index (χ0v) is 18.1. The van der Waals surface area contributed by atoms with Gasteiger partial charge in [-0.3, -0.25) is 0 Å². The van der Waals surface area contributed by atoms with Crippen molar-refractivity contribution in [3.8, 4) is 0 Å². The number of hydrogen-bond acceptors (Lipinski definition) is 0. The third-order valence-electron chi connectivity index (χ3n) is 6.32. The third kappa shape index (κ3) is 3.08. The van der Waals surface area contributed by atoms with Crippen LogP contribution >= 0.6 is 0 Å². The van der Waals surface area contributed by atoms with Gasteiger partial charge in [-0.25, -0.2) is 0 Å². The molecule has 0 N–H and O–H groups in total. The zero-order valence-electron chi connectivity index (χ0n) is 18.1. The molecule has 0 fully saturated rings. The molecule has 0 atom stereocenters. The molecule has 4 rings (SSSR count). The van der Waals surface area contributed by atoms with Crippen LogP contribution in [0.4, 0.5) is 0 Å². The van der Waals surface area contributed by atoms with Gasteiger partial charge in [-0.2, -0.15) is 0 Å². The highest BCUT2D eigenvalue weighted by molar-refractivity contribution is 6.25. The molecule has 0 nitrogen and oxygen atoms in total. The topological polar surface area (TPSA) is 0 Å². The first-order valence-electron chi connectivity index (χ1n) is 11.5. The molecule has 0 saturated carbocycles. The van der Waals surface area contributed by atoms with Crippen LogP contribution in [0.15, 0.2) is 36.4 Å². The highest BCUT2D eigenvalue weighted by Crippen LogP contribution is 2.41. The molecule has 4 aromatic carbocycles. The van der Waals surface area contributed by atoms with Gasteiger partial charge >= 0.3 is 0 Å². The molecule has 146 valence electrons. The molecule has 0 spiro atoms. The van der Waals surface area contributed by atoms with Crippen LogP contribution in [0.2, 0.25) is 0 Å². The van der Waals surface area contributed by atoms with Crippen LogP contribution in [0.3, 0.4) is 0 Å². The summed E-state index contributed by atoms with van der Waals surface area (Å²) in [4.78, 5) is 0. The first-order valence-corrected chi connectivity index (χ1v) is 11.5. The van der Waals surface area contributed by atoms with E-state index in [1.165, 1.54) is 72.9 Å². The van der Waals surface area contributed by atoms with Crippen molar-refractivity contribution in [2.24, 2.45) is 0 Å². The average Bonchev–Trinajstić information content (AvgIpc) is 2.70. The lowest BCUT2D eigenvalue weighted by molar-refractivity contribution is 0.905. The molecule has 0 bridgehead atoms. The van der Waals surface area contributed by atoms with Crippen molar-refractivity contribution in [3.63, 3.8) is 0 Å². The van der Waals surface area contributed by atoms with Gasteiger partial charge in [0.25, 0.3) is 0 Å². The molecule has 0 aliphatic carbocycles. The van der Waals surface area contributed by atoms with Gasteiger partial charge in [-0.15, -0.1) is 0 Å². The maximum atomic E-state index is 2.51. The fourth-order valence-electron chi connectivity index (χ4n) is 5.20. The maximum Gasteiger partial charge on any atom is -0.00211 e. The molecule has 0 unspecified atom stereocenters. The van der Waals surface area contributed by atoms with Gasteiger partial charge in [-0.1, -0.05) is 89.8 Å². The summed E-state index contributed by atoms with van der Waals surface area (Å²) in [6.45, 7) is 9.21. The first-order chi connectivity index (χ1) is 13.7. The van der Waals surface area contributed by atoms with E-state index in [-0.39, 0.29) is 0 Å². The number of benzene rings is 4. The smallest absolute Gasteiger partial charge is 0.00211 e. The molecule has 4 aromatic rings. The van der Waals surface area contributed by atoms with E-state index in [1.807, 2.05) is 0 Å². The summed E-state index contributed by atoms with van der Waals surface area (Å²) in [5, 5.41) is 9.05. The van der Waals surface area contributed by atoms with Gasteiger partial charge < -0.3 is 0 Å². The Morgan fingerprint density at radius 3 is 0.893 bits per heavy atom. The van der Waals surface area contributed by atoms with Gasteiger partial charge in [0.2, 0.25) is 0 Å². The summed E-state index contributed by atoms with van der Waals surface area (Å²) in [6.07, 6.45) is 9.52. The largest absolute Gasteiger partial charge is 0.0651 e. The second kappa shape index (κ2) is 8.11. The molecule has 0 saturated heterocycles. The minimum Gasteiger partial charge on any atom is -0.0651 e. The van der Waals surface area contributed by atoms with E-state index in [1.54, 1.807) is 33.0 Å². The van der Waals surface area contributed by atoms with Crippen LogP contribution in [-0.2, 0) is 25.7 Å². The minimum absolute atomic E-state index is 1.18. The van der Waals surface area contributed by atoms with Crippen molar-refractivity contribution in [3.05, 3.63) is 58.7 Å². The Bertz CT molecular complexity index is 930. The predicted octanol–water partition coefficient (Wildman–Crippen LogP) is 8.39. The Morgan fingerprint density at radius 2 is 0.679 bits per heavy atom. The summed E-state index contributed by atoms with van der Waals surface area (Å²) in [6, 6.07) is 14.7. The van der Waals surface area contributed by atoms with Gasteiger partial charge in [0.1, 0.15) is 0 Å². The van der Waals surface area contributed by atoms with Crippen LogP contribution in [0.5, 0.6) is 0 Å². The lowest BCUT2D eigenvalue weighted by Gasteiger charge is -2.20. The Hall–Kier alpha value is -2.08. The fraction of sp³-hybridized carbons (Fsp3) is 0.429. The van der Waals surface area contributed by atoms with Crippen molar-refractivity contribution in [2.45, 2.75) is 79.1 Å². The fourth-order valence-corrected chi connectivity index (χ4v) is 5.20. The van der Waals surface area contributed by atoms with E-state index >= 15 is 0 Å². The third-order valence-corrected chi connectivity index (χ3v) is 6.32. The van der Waals surface area contributed by atoms with E-state index < -0.39 is 0 Å². The summed E-state index contributed by atoms with van der Waals surface area (Å²) in [5.74, 6) is 0. The van der Waals surface area contributed by atoms with Crippen LogP contribution in [0, 0.1) is 0 Å². The Morgan fingerprint density at radius 1 is 0.429 bits per heavy atom. The molecule has 0 heterocycles. The monoisotopic (exact) mass is 370 g/mol. The van der Waals surface area contributed by atoms with Crippen LogP contribution in [0.1, 0.15) is 75.6 Å². The van der Waals surface area contributed by atoms with E-state index in [0.29, 0.717) is 0 Å². The highest BCUT2D eigenvalue weighted by atomic mass is 14.2. The maximum absolute atomic E-state index is 2.51. The molecule has 28 heavy (non-hydrogen) atoms. The number of rotatable bonds is 8. The molecular weight excluding hydrogens is 336 g/mol. The highest BCUT2D eigenvalue weighted by Gasteiger charge is 2.17. The first kappa shape index (κ1) is 19.2. The average molecular weight is 371 g/mol. The van der Waals surface area contributed by atoms with Gasteiger partial charge in [-0.05, 0) is 80.3 Å². The lowest BCUT2D eigenvalue weighted by Crippen LogP contribution is -1.99. The summed E-state index contributed by atoms with van der Waals surface area (Å²) < 4.78 is 0. The minimum atomic E-state index is 1.18. The van der Waals surface area contributed by atoms with Crippen LogP contribution < -0.4 is 0 Å². The summed E-state index contributed by atoms with van der Waals surface area (Å²) in [5.41, 5.74) is 6.19. The predicted molar refractivity (Wildman–Crippen MR) is 126 cm³/mol. The lowest BCUT2D eigenvalue weighted by atomic mass is 9.83. The second-order valence-corrected chi connectivity index (χ2v) is 8.46. The van der Waals surface area contributed by atoms with E-state index in [2.05, 4.69) is 64.1 Å². The van der Waals surface area contributed by atoms with Crippen LogP contribution in [0.25, 0.3) is 32.3 Å². The molecule has 0 amide bonds. The summed E-state index contributed by atoms with van der Waals surface area (Å²) in [7, 11) is 0. The Balaban J connectivity index is 2.18. The second-order valence-electron chi connectivity index (χ2n) is 8.46. The Kier molecular flexibility index (Phi) is 5.58. The number of hydrogen-bond donors (Lipinski definition) is 0. The van der Waals surface area contributed by atoms with Gasteiger partial charge in [0, 0.05) is 0 Å². The normalized spacial score (nSPS) is 12.0. The Labute approximate surface area is 170 Å². The number of aryl methyl sites for hydroxylation is 4. The van der Waals surface area contributed by atoms with Crippen molar-refractivity contribution in [1.29, 1.82) is 0 Å². The molecule has 0 aliphatic rings. The van der Waals surface area contributed by atoms with E-state index in [0.717, 1.165) is 0 Å². The zero-order chi connectivity index (χ0) is 19.7. The molecule has 0 aromatic heterocycles. The standard InChI is InChI=1S/C28H34/c1-5-9-19-17-20(10-6-2)24-15-16-26-22(12-8-4)18-21(11-7-3)25-14-13-23(19)27(24)28(25)26/h13-18H,5-12H2,1-4H3. The van der Waals surface area contributed by atoms with Crippen molar-refractivity contribution >= 4 is 32.3 Å². The van der Waals surface area contributed by atoms with Gasteiger partial charge in [0.15, 0.2) is 0 Å². The molecule has 0 aliphatic heterocycles. The summed E-state index contributed by atoms with van der Waals surface area (Å²) >= 11 is 0. The van der Waals surface area contributed by atoms with Crippen molar-refractivity contribution in [2.75, 3.05) is 0 Å². The molecule has 0 radical (unpaired) electrons. The van der Waals surface area contributed by atoms with E-state index in [4.69, 9.17) is 0 Å². The molecular formula is C28H34.